The van der Waals surface area contributed by atoms with Crippen LogP contribution in [0.25, 0.3) is 11.8 Å². The molecule has 0 N–H and O–H groups in total. The minimum Gasteiger partial charge on any atom is -0.367 e. The van der Waals surface area contributed by atoms with Crippen LogP contribution in [0.5, 0.6) is 0 Å². The van der Waals surface area contributed by atoms with Gasteiger partial charge >= 0.3 is 0 Å². The molecule has 118 valence electrons. The lowest BCUT2D eigenvalue weighted by Gasteiger charge is -2.35. The van der Waals surface area contributed by atoms with E-state index < -0.39 is 0 Å². The van der Waals surface area contributed by atoms with Gasteiger partial charge in [0.25, 0.3) is 0 Å². The number of carbonyl (C=O) groups excluding carboxylic acids is 1. The molecule has 1 saturated heterocycles. The average molecular weight is 307 g/mol. The Bertz CT molecular complexity index is 857. The number of benzene rings is 1. The summed E-state index contributed by atoms with van der Waals surface area (Å²) in [5, 5.41) is 2.52. The molecule has 0 bridgehead atoms. The Kier molecular flexibility index (Phi) is 3.54. The summed E-state index contributed by atoms with van der Waals surface area (Å²) in [5.41, 5.74) is 3.16. The number of likely N-dealkylation sites (N-methyl/N-ethyl adjacent to an activating group) is 1. The summed E-state index contributed by atoms with van der Waals surface area (Å²) in [4.78, 5) is 16.2. The molecule has 1 aromatic heterocycles. The lowest BCUT2D eigenvalue weighted by atomic mass is 10.1. The lowest BCUT2D eigenvalue weighted by molar-refractivity contribution is 0.111. The van der Waals surface area contributed by atoms with Crippen molar-refractivity contribution in [3.8, 4) is 0 Å². The summed E-state index contributed by atoms with van der Waals surface area (Å²) in [6, 6.07) is 12.6. The highest BCUT2D eigenvalue weighted by molar-refractivity contribution is 5.76. The van der Waals surface area contributed by atoms with E-state index in [9.17, 15) is 4.79 Å². The van der Waals surface area contributed by atoms with Crippen molar-refractivity contribution in [2.75, 3.05) is 33.2 Å². The third-order valence-corrected chi connectivity index (χ3v) is 4.91. The quantitative estimate of drug-likeness (QED) is 0.757. The maximum atomic E-state index is 11.4. The molecule has 0 atom stereocenters. The predicted octanol–water partition coefficient (Wildman–Crippen LogP) is 0.499. The van der Waals surface area contributed by atoms with Crippen LogP contribution in [0.1, 0.15) is 16.2 Å². The van der Waals surface area contributed by atoms with E-state index in [4.69, 9.17) is 0 Å². The Labute approximate surface area is 135 Å². The standard InChI is InChI=1S/C19H21N3O/c1-20-10-12-21(13-11-20)19-17-5-3-2-4-15(17)8-9-22-16(14-23)6-7-18(19)22/h2-8,14H,9-13H2,1H3. The molecule has 0 spiro atoms. The third kappa shape index (κ3) is 2.39. The van der Waals surface area contributed by atoms with Gasteiger partial charge in [-0.1, -0.05) is 30.3 Å². The summed E-state index contributed by atoms with van der Waals surface area (Å²) < 4.78 is 2.13. The second kappa shape index (κ2) is 5.70. The Morgan fingerprint density at radius 2 is 1.78 bits per heavy atom. The van der Waals surface area contributed by atoms with Crippen molar-refractivity contribution in [1.29, 1.82) is 0 Å². The smallest absolute Gasteiger partial charge is 0.166 e. The van der Waals surface area contributed by atoms with Gasteiger partial charge in [0.15, 0.2) is 6.29 Å². The van der Waals surface area contributed by atoms with Crippen molar-refractivity contribution in [2.45, 2.75) is 6.54 Å². The number of aldehydes is 1. The van der Waals surface area contributed by atoms with E-state index in [1.54, 1.807) is 0 Å². The first-order valence-corrected chi connectivity index (χ1v) is 8.16. The average Bonchev–Trinajstić information content (AvgIpc) is 2.91. The molecule has 0 saturated carbocycles. The van der Waals surface area contributed by atoms with Gasteiger partial charge in [0, 0.05) is 37.9 Å². The molecule has 2 aliphatic heterocycles. The fraction of sp³-hybridized carbons (Fsp3) is 0.316. The molecule has 4 nitrogen and oxygen atoms in total. The predicted molar refractivity (Wildman–Crippen MR) is 91.6 cm³/mol. The summed E-state index contributed by atoms with van der Waals surface area (Å²) in [5.74, 6) is 0. The minimum absolute atomic E-state index is 0.741. The van der Waals surface area contributed by atoms with Gasteiger partial charge < -0.3 is 14.4 Å². The van der Waals surface area contributed by atoms with E-state index in [-0.39, 0.29) is 0 Å². The van der Waals surface area contributed by atoms with Crippen LogP contribution in [0.4, 0.5) is 0 Å². The van der Waals surface area contributed by atoms with Crippen LogP contribution in [-0.2, 0) is 6.54 Å². The van der Waals surface area contributed by atoms with Gasteiger partial charge in [0.05, 0.1) is 17.1 Å². The van der Waals surface area contributed by atoms with Gasteiger partial charge in [-0.3, -0.25) is 4.79 Å². The van der Waals surface area contributed by atoms with Crippen LogP contribution in [0.15, 0.2) is 36.4 Å². The van der Waals surface area contributed by atoms with Gasteiger partial charge in [-0.2, -0.15) is 0 Å². The van der Waals surface area contributed by atoms with Crippen LogP contribution in [0, 0.1) is 0 Å². The molecule has 0 amide bonds. The second-order valence-corrected chi connectivity index (χ2v) is 6.30. The highest BCUT2D eigenvalue weighted by Crippen LogP contribution is 2.21. The van der Waals surface area contributed by atoms with Gasteiger partial charge in [-0.15, -0.1) is 0 Å². The zero-order chi connectivity index (χ0) is 15.8. The molecule has 0 unspecified atom stereocenters. The SMILES string of the molecule is CN1CCN(C2=c3ccccc3=CCn3c(C=O)ccc32)CC1. The van der Waals surface area contributed by atoms with E-state index >= 15 is 0 Å². The second-order valence-electron chi connectivity index (χ2n) is 6.30. The summed E-state index contributed by atoms with van der Waals surface area (Å²) in [6.07, 6.45) is 3.17. The van der Waals surface area contributed by atoms with Crippen molar-refractivity contribution in [3.63, 3.8) is 0 Å². The number of fused-ring (bicyclic) bond motifs is 2. The molecule has 1 aromatic carbocycles. The van der Waals surface area contributed by atoms with Gasteiger partial charge in [-0.05, 0) is 24.4 Å². The Hall–Kier alpha value is -2.33. The van der Waals surface area contributed by atoms with Crippen LogP contribution in [0.3, 0.4) is 0 Å². The zero-order valence-electron chi connectivity index (χ0n) is 13.4. The fourth-order valence-corrected chi connectivity index (χ4v) is 3.58. The maximum absolute atomic E-state index is 11.4. The maximum Gasteiger partial charge on any atom is 0.166 e. The molecule has 1 fully saturated rings. The number of aromatic nitrogens is 1. The molecule has 2 aliphatic rings. The van der Waals surface area contributed by atoms with Crippen molar-refractivity contribution >= 4 is 18.1 Å². The molecule has 0 radical (unpaired) electrons. The van der Waals surface area contributed by atoms with Crippen molar-refractivity contribution in [2.24, 2.45) is 0 Å². The number of carbonyl (C=O) groups is 1. The normalized spacial score (nSPS) is 18.0. The van der Waals surface area contributed by atoms with Crippen LogP contribution < -0.4 is 10.4 Å². The Morgan fingerprint density at radius 3 is 2.57 bits per heavy atom. The molecule has 23 heavy (non-hydrogen) atoms. The summed E-state index contributed by atoms with van der Waals surface area (Å²) >= 11 is 0. The van der Waals surface area contributed by atoms with E-state index in [0.717, 1.165) is 50.4 Å². The molecule has 4 rings (SSSR count). The van der Waals surface area contributed by atoms with Crippen LogP contribution >= 0.6 is 0 Å². The first kappa shape index (κ1) is 14.3. The first-order valence-electron chi connectivity index (χ1n) is 8.16. The minimum atomic E-state index is 0.741. The Morgan fingerprint density at radius 1 is 1.00 bits per heavy atom. The largest absolute Gasteiger partial charge is 0.367 e. The van der Waals surface area contributed by atoms with Gasteiger partial charge in [0.1, 0.15) is 0 Å². The molecule has 2 aromatic rings. The number of piperazine rings is 1. The lowest BCUT2D eigenvalue weighted by Crippen LogP contribution is -2.46. The molecule has 3 heterocycles. The highest BCUT2D eigenvalue weighted by atomic mass is 16.1. The molecular weight excluding hydrogens is 286 g/mol. The molecular formula is C19H21N3O. The zero-order valence-corrected chi connectivity index (χ0v) is 13.4. The Balaban J connectivity index is 1.96. The molecule has 4 heteroatoms. The van der Waals surface area contributed by atoms with Crippen molar-refractivity contribution in [3.05, 3.63) is 58.2 Å². The topological polar surface area (TPSA) is 28.5 Å². The summed E-state index contributed by atoms with van der Waals surface area (Å²) in [7, 11) is 2.17. The number of hydrogen-bond acceptors (Lipinski definition) is 3. The van der Waals surface area contributed by atoms with Gasteiger partial charge in [-0.25, -0.2) is 0 Å². The number of hydrogen-bond donors (Lipinski definition) is 0. The molecule has 0 aliphatic carbocycles. The third-order valence-electron chi connectivity index (χ3n) is 4.91. The van der Waals surface area contributed by atoms with Crippen molar-refractivity contribution < 1.29 is 4.79 Å². The van der Waals surface area contributed by atoms with E-state index in [1.165, 1.54) is 16.1 Å². The van der Waals surface area contributed by atoms with E-state index in [2.05, 4.69) is 57.8 Å². The summed E-state index contributed by atoms with van der Waals surface area (Å²) in [6.45, 7) is 4.90. The van der Waals surface area contributed by atoms with Gasteiger partial charge in [0.2, 0.25) is 0 Å². The first-order chi connectivity index (χ1) is 11.3. The van der Waals surface area contributed by atoms with E-state index in [0.29, 0.717) is 0 Å². The van der Waals surface area contributed by atoms with E-state index in [1.807, 2.05) is 6.07 Å². The number of nitrogens with zero attached hydrogens (tertiary/aromatic N) is 3. The number of rotatable bonds is 2. The van der Waals surface area contributed by atoms with Crippen LogP contribution in [-0.4, -0.2) is 53.9 Å². The van der Waals surface area contributed by atoms with Crippen molar-refractivity contribution in [1.82, 2.24) is 14.4 Å². The monoisotopic (exact) mass is 307 g/mol. The fourth-order valence-electron chi connectivity index (χ4n) is 3.58. The van der Waals surface area contributed by atoms with Crippen LogP contribution in [0.2, 0.25) is 0 Å². The highest BCUT2D eigenvalue weighted by Gasteiger charge is 2.22.